The van der Waals surface area contributed by atoms with Crippen LogP contribution in [0.2, 0.25) is 0 Å². The second-order valence-corrected chi connectivity index (χ2v) is 8.10. The minimum absolute atomic E-state index is 0.234. The molecule has 4 aromatic rings. The molecule has 0 spiro atoms. The number of aromatic amines is 1. The Morgan fingerprint density at radius 1 is 0.926 bits per heavy atom. The Kier molecular flexibility index (Phi) is 4.16. The lowest BCUT2D eigenvalue weighted by atomic mass is 10.1. The SMILES string of the molecule is Cc1ccc(S(=O)(=O)Nc2ccc(-c3ncnc4[nH]cc(C)c34)cc2)cc1. The van der Waals surface area contributed by atoms with Gasteiger partial charge in [0.1, 0.15) is 12.0 Å². The number of H-pyrrole nitrogens is 1. The highest BCUT2D eigenvalue weighted by molar-refractivity contribution is 7.92. The number of hydrogen-bond donors (Lipinski definition) is 2. The molecule has 136 valence electrons. The van der Waals surface area contributed by atoms with Crippen molar-refractivity contribution in [2.75, 3.05) is 4.72 Å². The highest BCUT2D eigenvalue weighted by Crippen LogP contribution is 2.28. The van der Waals surface area contributed by atoms with Gasteiger partial charge in [0.15, 0.2) is 0 Å². The molecule has 0 radical (unpaired) electrons. The van der Waals surface area contributed by atoms with Gasteiger partial charge in [0.2, 0.25) is 0 Å². The Balaban J connectivity index is 1.64. The molecule has 27 heavy (non-hydrogen) atoms. The molecule has 0 aliphatic rings. The molecule has 0 saturated carbocycles. The summed E-state index contributed by atoms with van der Waals surface area (Å²) < 4.78 is 27.6. The van der Waals surface area contributed by atoms with Gasteiger partial charge in [-0.3, -0.25) is 4.72 Å². The Hall–Kier alpha value is -3.19. The average Bonchev–Trinajstić information content (AvgIpc) is 3.04. The first-order valence-electron chi connectivity index (χ1n) is 8.43. The van der Waals surface area contributed by atoms with E-state index in [1.54, 1.807) is 36.4 Å². The quantitative estimate of drug-likeness (QED) is 0.561. The molecule has 0 saturated heterocycles. The standard InChI is InChI=1S/C20H18N4O2S/c1-13-3-9-17(10-4-13)27(25,26)24-16-7-5-15(6-8-16)19-18-14(2)11-21-20(18)23-12-22-19/h3-12,24H,1-2H3,(H,21,22,23). The highest BCUT2D eigenvalue weighted by Gasteiger charge is 2.15. The lowest BCUT2D eigenvalue weighted by Crippen LogP contribution is -2.12. The van der Waals surface area contributed by atoms with Gasteiger partial charge in [-0.15, -0.1) is 0 Å². The van der Waals surface area contributed by atoms with Gasteiger partial charge in [0.25, 0.3) is 10.0 Å². The van der Waals surface area contributed by atoms with Crippen LogP contribution in [0.3, 0.4) is 0 Å². The van der Waals surface area contributed by atoms with E-state index < -0.39 is 10.0 Å². The molecule has 0 bridgehead atoms. The fourth-order valence-corrected chi connectivity index (χ4v) is 4.02. The minimum Gasteiger partial charge on any atom is -0.346 e. The van der Waals surface area contributed by atoms with Crippen LogP contribution >= 0.6 is 0 Å². The molecule has 0 atom stereocenters. The third-order valence-electron chi connectivity index (χ3n) is 4.41. The van der Waals surface area contributed by atoms with Crippen molar-refractivity contribution in [3.8, 4) is 11.3 Å². The smallest absolute Gasteiger partial charge is 0.261 e. The van der Waals surface area contributed by atoms with E-state index in [-0.39, 0.29) is 4.90 Å². The summed E-state index contributed by atoms with van der Waals surface area (Å²) in [7, 11) is -3.62. The Morgan fingerprint density at radius 2 is 1.63 bits per heavy atom. The second-order valence-electron chi connectivity index (χ2n) is 6.41. The largest absolute Gasteiger partial charge is 0.346 e. The summed E-state index contributed by atoms with van der Waals surface area (Å²) in [6, 6.07) is 13.9. The third kappa shape index (κ3) is 3.29. The molecule has 4 rings (SSSR count). The zero-order valence-corrected chi connectivity index (χ0v) is 15.7. The van der Waals surface area contributed by atoms with E-state index in [4.69, 9.17) is 0 Å². The maximum absolute atomic E-state index is 12.5. The topological polar surface area (TPSA) is 87.7 Å². The van der Waals surface area contributed by atoms with Crippen molar-refractivity contribution >= 4 is 26.7 Å². The van der Waals surface area contributed by atoms with Crippen molar-refractivity contribution in [1.29, 1.82) is 0 Å². The fourth-order valence-electron chi connectivity index (χ4n) is 2.96. The number of aromatic nitrogens is 3. The molecule has 0 unspecified atom stereocenters. The molecule has 0 aliphatic heterocycles. The van der Waals surface area contributed by atoms with E-state index >= 15 is 0 Å². The fraction of sp³-hybridized carbons (Fsp3) is 0.100. The summed E-state index contributed by atoms with van der Waals surface area (Å²) in [6.45, 7) is 3.91. The van der Waals surface area contributed by atoms with E-state index in [0.717, 1.165) is 33.4 Å². The number of anilines is 1. The van der Waals surface area contributed by atoms with Crippen molar-refractivity contribution in [1.82, 2.24) is 15.0 Å². The van der Waals surface area contributed by atoms with Gasteiger partial charge in [-0.25, -0.2) is 18.4 Å². The van der Waals surface area contributed by atoms with Crippen LogP contribution in [0.1, 0.15) is 11.1 Å². The maximum Gasteiger partial charge on any atom is 0.261 e. The summed E-state index contributed by atoms with van der Waals surface area (Å²) >= 11 is 0. The van der Waals surface area contributed by atoms with Gasteiger partial charge < -0.3 is 4.98 Å². The van der Waals surface area contributed by atoms with Crippen LogP contribution in [-0.4, -0.2) is 23.4 Å². The number of hydrogen-bond acceptors (Lipinski definition) is 4. The number of fused-ring (bicyclic) bond motifs is 1. The summed E-state index contributed by atoms with van der Waals surface area (Å²) in [5.74, 6) is 0. The van der Waals surface area contributed by atoms with Gasteiger partial charge in [-0.1, -0.05) is 29.8 Å². The first kappa shape index (κ1) is 17.2. The van der Waals surface area contributed by atoms with E-state index in [1.165, 1.54) is 6.33 Å². The lowest BCUT2D eigenvalue weighted by Gasteiger charge is -2.09. The van der Waals surface area contributed by atoms with Gasteiger partial charge in [-0.2, -0.15) is 0 Å². The highest BCUT2D eigenvalue weighted by atomic mass is 32.2. The number of nitrogens with zero attached hydrogens (tertiary/aromatic N) is 2. The minimum atomic E-state index is -3.62. The predicted molar refractivity (Wildman–Crippen MR) is 106 cm³/mol. The number of sulfonamides is 1. The zero-order valence-electron chi connectivity index (χ0n) is 14.9. The van der Waals surface area contributed by atoms with Crippen molar-refractivity contribution in [2.24, 2.45) is 0 Å². The van der Waals surface area contributed by atoms with Crippen LogP contribution in [0.15, 0.2) is 66.0 Å². The summed E-state index contributed by atoms with van der Waals surface area (Å²) in [6.07, 6.45) is 3.41. The molecule has 2 aromatic heterocycles. The monoisotopic (exact) mass is 378 g/mol. The van der Waals surface area contributed by atoms with Gasteiger partial charge in [0.05, 0.1) is 10.6 Å². The maximum atomic E-state index is 12.5. The number of benzene rings is 2. The molecule has 6 nitrogen and oxygen atoms in total. The van der Waals surface area contributed by atoms with Crippen molar-refractivity contribution in [3.05, 3.63) is 72.2 Å². The first-order chi connectivity index (χ1) is 12.9. The third-order valence-corrected chi connectivity index (χ3v) is 5.81. The molecule has 7 heteroatoms. The van der Waals surface area contributed by atoms with Crippen molar-refractivity contribution in [2.45, 2.75) is 18.7 Å². The number of rotatable bonds is 4. The Labute approximate surface area is 157 Å². The predicted octanol–water partition coefficient (Wildman–Crippen LogP) is 4.04. The van der Waals surface area contributed by atoms with Crippen molar-refractivity contribution < 1.29 is 8.42 Å². The van der Waals surface area contributed by atoms with E-state index in [9.17, 15) is 8.42 Å². The summed E-state index contributed by atoms with van der Waals surface area (Å²) in [5, 5.41) is 0.963. The molecule has 2 heterocycles. The number of aryl methyl sites for hydroxylation is 2. The van der Waals surface area contributed by atoms with Crippen LogP contribution in [0, 0.1) is 13.8 Å². The van der Waals surface area contributed by atoms with Crippen LogP contribution in [0.5, 0.6) is 0 Å². The van der Waals surface area contributed by atoms with Crippen LogP contribution in [0.25, 0.3) is 22.3 Å². The Morgan fingerprint density at radius 3 is 2.33 bits per heavy atom. The Bertz CT molecular complexity index is 1210. The summed E-state index contributed by atoms with van der Waals surface area (Å²) in [5.41, 5.74) is 5.05. The zero-order chi connectivity index (χ0) is 19.0. The molecule has 0 aliphatic carbocycles. The van der Waals surface area contributed by atoms with Crippen molar-refractivity contribution in [3.63, 3.8) is 0 Å². The van der Waals surface area contributed by atoms with Gasteiger partial charge in [-0.05, 0) is 43.7 Å². The molecule has 2 aromatic carbocycles. The molecule has 2 N–H and O–H groups in total. The van der Waals surface area contributed by atoms with E-state index in [1.807, 2.05) is 32.2 Å². The summed E-state index contributed by atoms with van der Waals surface area (Å²) in [4.78, 5) is 12.0. The second kappa shape index (κ2) is 6.51. The van der Waals surface area contributed by atoms with Gasteiger partial charge in [0, 0.05) is 22.8 Å². The first-order valence-corrected chi connectivity index (χ1v) is 9.91. The molecular formula is C20H18N4O2S. The number of nitrogens with one attached hydrogen (secondary N) is 2. The average molecular weight is 378 g/mol. The van der Waals surface area contributed by atoms with Gasteiger partial charge >= 0.3 is 0 Å². The molecule has 0 amide bonds. The van der Waals surface area contributed by atoms with Crippen LogP contribution < -0.4 is 4.72 Å². The molecule has 0 fully saturated rings. The lowest BCUT2D eigenvalue weighted by molar-refractivity contribution is 0.601. The van der Waals surface area contributed by atoms with Crippen LogP contribution in [-0.2, 0) is 10.0 Å². The molecular weight excluding hydrogens is 360 g/mol. The van der Waals surface area contributed by atoms with E-state index in [0.29, 0.717) is 5.69 Å². The van der Waals surface area contributed by atoms with E-state index in [2.05, 4.69) is 19.7 Å². The normalized spacial score (nSPS) is 11.6. The van der Waals surface area contributed by atoms with Crippen LogP contribution in [0.4, 0.5) is 5.69 Å².